The summed E-state index contributed by atoms with van der Waals surface area (Å²) in [4.78, 5) is 43.2. The molecule has 9 heteroatoms. The highest BCUT2D eigenvalue weighted by atomic mass is 35.5. The Labute approximate surface area is 215 Å². The molecule has 190 valence electrons. The van der Waals surface area contributed by atoms with Crippen molar-refractivity contribution in [3.8, 4) is 17.0 Å². The molecular formula is C27H31ClN4O4. The van der Waals surface area contributed by atoms with Crippen molar-refractivity contribution in [2.24, 2.45) is 0 Å². The van der Waals surface area contributed by atoms with Gasteiger partial charge in [0.25, 0.3) is 5.91 Å². The van der Waals surface area contributed by atoms with Crippen LogP contribution in [-0.2, 0) is 22.4 Å². The van der Waals surface area contributed by atoms with E-state index >= 15 is 0 Å². The number of carbonyl (C=O) groups excluding carboxylic acids is 3. The number of ether oxygens (including phenoxy) is 1. The van der Waals surface area contributed by atoms with Gasteiger partial charge in [-0.25, -0.2) is 4.98 Å². The highest BCUT2D eigenvalue weighted by molar-refractivity contribution is 6.32. The monoisotopic (exact) mass is 510 g/mol. The van der Waals surface area contributed by atoms with Crippen LogP contribution in [0.5, 0.6) is 5.75 Å². The Morgan fingerprint density at radius 3 is 2.64 bits per heavy atom. The number of nitrogens with one attached hydrogen (secondary N) is 3. The smallest absolute Gasteiger partial charge is 0.251 e. The van der Waals surface area contributed by atoms with Gasteiger partial charge in [-0.2, -0.15) is 0 Å². The molecule has 2 amide bonds. The summed E-state index contributed by atoms with van der Waals surface area (Å²) in [5, 5.41) is 5.94. The Morgan fingerprint density at radius 2 is 1.97 bits per heavy atom. The minimum absolute atomic E-state index is 0.134. The van der Waals surface area contributed by atoms with Crippen LogP contribution in [0.25, 0.3) is 11.3 Å². The van der Waals surface area contributed by atoms with Crippen LogP contribution in [0, 0.1) is 0 Å². The van der Waals surface area contributed by atoms with Gasteiger partial charge in [-0.15, -0.1) is 0 Å². The summed E-state index contributed by atoms with van der Waals surface area (Å²) in [6, 6.07) is 12.3. The third-order valence-corrected chi connectivity index (χ3v) is 5.86. The maximum Gasteiger partial charge on any atom is 0.251 e. The van der Waals surface area contributed by atoms with Gasteiger partial charge in [0.2, 0.25) is 5.91 Å². The Kier molecular flexibility index (Phi) is 10.1. The molecule has 8 nitrogen and oxygen atoms in total. The molecule has 0 aliphatic carbocycles. The number of hydrogen-bond donors (Lipinski definition) is 3. The largest absolute Gasteiger partial charge is 0.492 e. The number of rotatable bonds is 13. The summed E-state index contributed by atoms with van der Waals surface area (Å²) in [5.74, 6) is 0.811. The van der Waals surface area contributed by atoms with Gasteiger partial charge in [-0.3, -0.25) is 9.59 Å². The maximum absolute atomic E-state index is 12.9. The standard InChI is InChI=1S/C27H31ClN4O4/c1-3-13-36-24-11-10-20(15-22(24)28)27(35)31-21(16-26(34)29-2)14-18-6-8-19(9-7-18)23-17-30-25(32-23)5-4-12-33/h6-12,15,17,21H,3-5,13-14,16H2,1-2H3,(H,29,34)(H,30,32)(H,31,35)/t21-/m0/s1. The highest BCUT2D eigenvalue weighted by Gasteiger charge is 2.19. The lowest BCUT2D eigenvalue weighted by molar-refractivity contribution is -0.121. The van der Waals surface area contributed by atoms with E-state index in [0.717, 1.165) is 35.4 Å². The Hall–Kier alpha value is -3.65. The zero-order chi connectivity index (χ0) is 25.9. The van der Waals surface area contributed by atoms with E-state index in [1.807, 2.05) is 37.4 Å². The number of amides is 2. The second kappa shape index (κ2) is 13.4. The molecule has 1 heterocycles. The van der Waals surface area contributed by atoms with Crippen molar-refractivity contribution in [2.45, 2.75) is 45.1 Å². The summed E-state index contributed by atoms with van der Waals surface area (Å²) >= 11 is 6.28. The van der Waals surface area contributed by atoms with Crippen molar-refractivity contribution in [1.82, 2.24) is 20.6 Å². The van der Waals surface area contributed by atoms with Crippen LogP contribution in [0.4, 0.5) is 0 Å². The SMILES string of the molecule is CCCOc1ccc(C(=O)N[C@H](CC(=O)NC)Cc2ccc(-c3c[nH]c(CCC=O)n3)cc2)cc1Cl. The van der Waals surface area contributed by atoms with Crippen LogP contribution in [0.3, 0.4) is 0 Å². The van der Waals surface area contributed by atoms with Crippen molar-refractivity contribution in [1.29, 1.82) is 0 Å². The first-order valence-electron chi connectivity index (χ1n) is 11.9. The number of hydrogen-bond acceptors (Lipinski definition) is 5. The van der Waals surface area contributed by atoms with Crippen molar-refractivity contribution < 1.29 is 19.1 Å². The lowest BCUT2D eigenvalue weighted by Gasteiger charge is -2.19. The summed E-state index contributed by atoms with van der Waals surface area (Å²) in [6.07, 6.45) is 5.13. The maximum atomic E-state index is 12.9. The van der Waals surface area contributed by atoms with E-state index in [-0.39, 0.29) is 18.2 Å². The van der Waals surface area contributed by atoms with Gasteiger partial charge in [0, 0.05) is 49.7 Å². The summed E-state index contributed by atoms with van der Waals surface area (Å²) in [7, 11) is 1.57. The van der Waals surface area contributed by atoms with Crippen LogP contribution in [0.1, 0.15) is 47.9 Å². The van der Waals surface area contributed by atoms with Crippen LogP contribution in [0.15, 0.2) is 48.7 Å². The predicted octanol–water partition coefficient (Wildman–Crippen LogP) is 4.13. The lowest BCUT2D eigenvalue weighted by Crippen LogP contribution is -2.40. The number of aromatic amines is 1. The highest BCUT2D eigenvalue weighted by Crippen LogP contribution is 2.26. The molecule has 0 unspecified atom stereocenters. The molecule has 2 aromatic carbocycles. The van der Waals surface area contributed by atoms with E-state index in [4.69, 9.17) is 16.3 Å². The molecule has 36 heavy (non-hydrogen) atoms. The molecule has 1 atom stereocenters. The average Bonchev–Trinajstić information content (AvgIpc) is 3.36. The molecule has 3 rings (SSSR count). The zero-order valence-electron chi connectivity index (χ0n) is 20.5. The van der Waals surface area contributed by atoms with Crippen molar-refractivity contribution in [3.05, 3.63) is 70.6 Å². The summed E-state index contributed by atoms with van der Waals surface area (Å²) in [5.41, 5.74) is 3.08. The first-order valence-corrected chi connectivity index (χ1v) is 12.3. The Morgan fingerprint density at radius 1 is 1.19 bits per heavy atom. The number of aldehydes is 1. The van der Waals surface area contributed by atoms with E-state index in [0.29, 0.717) is 42.2 Å². The molecular weight excluding hydrogens is 480 g/mol. The molecule has 3 aromatic rings. The molecule has 0 spiro atoms. The molecule has 0 aliphatic rings. The van der Waals surface area contributed by atoms with Crippen LogP contribution in [0.2, 0.25) is 5.02 Å². The number of imidazole rings is 1. The molecule has 0 aliphatic heterocycles. The fourth-order valence-electron chi connectivity index (χ4n) is 3.67. The topological polar surface area (TPSA) is 113 Å². The van der Waals surface area contributed by atoms with Crippen molar-refractivity contribution in [3.63, 3.8) is 0 Å². The average molecular weight is 511 g/mol. The zero-order valence-corrected chi connectivity index (χ0v) is 21.2. The minimum atomic E-state index is -0.418. The second-order valence-electron chi connectivity index (χ2n) is 8.38. The van der Waals surface area contributed by atoms with E-state index in [2.05, 4.69) is 20.6 Å². The number of halogens is 1. The third-order valence-electron chi connectivity index (χ3n) is 5.56. The number of aryl methyl sites for hydroxylation is 1. The predicted molar refractivity (Wildman–Crippen MR) is 139 cm³/mol. The third kappa shape index (κ3) is 7.68. The van der Waals surface area contributed by atoms with Gasteiger partial charge in [0.15, 0.2) is 0 Å². The number of H-pyrrole nitrogens is 1. The van der Waals surface area contributed by atoms with E-state index in [1.165, 1.54) is 0 Å². The number of aromatic nitrogens is 2. The molecule has 0 bridgehead atoms. The van der Waals surface area contributed by atoms with Gasteiger partial charge in [0.05, 0.1) is 17.3 Å². The minimum Gasteiger partial charge on any atom is -0.492 e. The molecule has 0 saturated heterocycles. The van der Waals surface area contributed by atoms with Gasteiger partial charge in [-0.05, 0) is 36.6 Å². The number of nitrogens with zero attached hydrogens (tertiary/aromatic N) is 1. The van der Waals surface area contributed by atoms with Gasteiger partial charge < -0.3 is 25.1 Å². The normalized spacial score (nSPS) is 11.5. The quantitative estimate of drug-likeness (QED) is 0.299. The Balaban J connectivity index is 1.69. The van der Waals surface area contributed by atoms with Crippen molar-refractivity contribution in [2.75, 3.05) is 13.7 Å². The lowest BCUT2D eigenvalue weighted by atomic mass is 10.0. The molecule has 1 aromatic heterocycles. The van der Waals surface area contributed by atoms with Gasteiger partial charge in [0.1, 0.15) is 17.9 Å². The van der Waals surface area contributed by atoms with Gasteiger partial charge in [-0.1, -0.05) is 42.8 Å². The fraction of sp³-hybridized carbons (Fsp3) is 0.333. The van der Waals surface area contributed by atoms with Gasteiger partial charge >= 0.3 is 0 Å². The van der Waals surface area contributed by atoms with Crippen LogP contribution in [-0.4, -0.2) is 47.8 Å². The van der Waals surface area contributed by atoms with E-state index in [9.17, 15) is 14.4 Å². The Bertz CT molecular complexity index is 1180. The summed E-state index contributed by atoms with van der Waals surface area (Å²) in [6.45, 7) is 2.54. The fourth-order valence-corrected chi connectivity index (χ4v) is 3.90. The first kappa shape index (κ1) is 26.9. The number of benzene rings is 2. The second-order valence-corrected chi connectivity index (χ2v) is 8.79. The molecule has 3 N–H and O–H groups in total. The molecule has 0 fully saturated rings. The summed E-state index contributed by atoms with van der Waals surface area (Å²) < 4.78 is 5.57. The number of carbonyl (C=O) groups is 3. The van der Waals surface area contributed by atoms with Crippen molar-refractivity contribution >= 4 is 29.7 Å². The van der Waals surface area contributed by atoms with Crippen LogP contribution >= 0.6 is 11.6 Å². The van der Waals surface area contributed by atoms with E-state index < -0.39 is 6.04 Å². The molecule has 0 radical (unpaired) electrons. The van der Waals surface area contributed by atoms with E-state index in [1.54, 1.807) is 25.2 Å². The van der Waals surface area contributed by atoms with Crippen LogP contribution < -0.4 is 15.4 Å². The first-order chi connectivity index (χ1) is 17.4. The molecule has 0 saturated carbocycles.